The molecule has 0 aromatic heterocycles. The Morgan fingerprint density at radius 1 is 0.906 bits per heavy atom. The van der Waals surface area contributed by atoms with Gasteiger partial charge < -0.3 is 24.3 Å². The van der Waals surface area contributed by atoms with Gasteiger partial charge >= 0.3 is 0 Å². The lowest BCUT2D eigenvalue weighted by molar-refractivity contribution is -0.137. The number of imide groups is 1. The Morgan fingerprint density at radius 2 is 1.59 bits per heavy atom. The quantitative estimate of drug-likeness (QED) is 0.567. The Balaban J connectivity index is 2.03. The number of benzene rings is 2. The average Bonchev–Trinajstić information content (AvgIpc) is 3.01. The predicted molar refractivity (Wildman–Crippen MR) is 121 cm³/mol. The van der Waals surface area contributed by atoms with E-state index < -0.39 is 5.91 Å². The average molecular weight is 440 g/mol. The summed E-state index contributed by atoms with van der Waals surface area (Å²) in [6.07, 6.45) is 0.0269. The lowest BCUT2D eigenvalue weighted by Gasteiger charge is -2.15. The molecule has 3 rings (SSSR count). The Labute approximate surface area is 187 Å². The van der Waals surface area contributed by atoms with Crippen LogP contribution < -0.4 is 19.5 Å². The third-order valence-electron chi connectivity index (χ3n) is 4.87. The normalized spacial score (nSPS) is 13.8. The molecule has 0 saturated heterocycles. The molecule has 2 amide bonds. The van der Waals surface area contributed by atoms with Crippen molar-refractivity contribution in [3.8, 4) is 17.2 Å². The van der Waals surface area contributed by atoms with Crippen molar-refractivity contribution in [1.29, 1.82) is 0 Å². The molecule has 2 aromatic carbocycles. The molecule has 1 aliphatic heterocycles. The number of methoxy groups -OCH3 is 3. The first-order chi connectivity index (χ1) is 15.4. The van der Waals surface area contributed by atoms with Crippen molar-refractivity contribution in [1.82, 2.24) is 4.90 Å². The molecule has 1 heterocycles. The van der Waals surface area contributed by atoms with Gasteiger partial charge in [0.1, 0.15) is 22.9 Å². The molecule has 0 radical (unpaired) electrons. The van der Waals surface area contributed by atoms with Crippen LogP contribution in [0.25, 0.3) is 5.57 Å². The molecule has 2 aromatic rings. The minimum atomic E-state index is -0.428. The number of carbonyl (C=O) groups excluding carboxylic acids is 2. The van der Waals surface area contributed by atoms with E-state index in [-0.39, 0.29) is 36.4 Å². The highest BCUT2D eigenvalue weighted by Crippen LogP contribution is 2.35. The Hall–Kier alpha value is -3.52. The maximum absolute atomic E-state index is 13.2. The van der Waals surface area contributed by atoms with Crippen LogP contribution in [-0.2, 0) is 14.3 Å². The van der Waals surface area contributed by atoms with E-state index in [0.717, 1.165) is 0 Å². The Morgan fingerprint density at radius 3 is 2.19 bits per heavy atom. The zero-order valence-electron chi connectivity index (χ0n) is 18.9. The molecule has 0 saturated carbocycles. The Bertz CT molecular complexity index is 1010. The predicted octanol–water partition coefficient (Wildman–Crippen LogP) is 3.33. The molecule has 0 spiro atoms. The smallest absolute Gasteiger partial charge is 0.278 e. The van der Waals surface area contributed by atoms with Crippen molar-refractivity contribution >= 4 is 23.1 Å². The van der Waals surface area contributed by atoms with Crippen LogP contribution in [0.1, 0.15) is 19.4 Å². The van der Waals surface area contributed by atoms with Gasteiger partial charge in [-0.05, 0) is 43.7 Å². The van der Waals surface area contributed by atoms with E-state index in [1.807, 2.05) is 13.8 Å². The number of hydrogen-bond donors (Lipinski definition) is 1. The number of anilines is 1. The summed E-state index contributed by atoms with van der Waals surface area (Å²) in [4.78, 5) is 27.6. The second kappa shape index (κ2) is 10.2. The van der Waals surface area contributed by atoms with Gasteiger partial charge in [-0.3, -0.25) is 14.5 Å². The third-order valence-corrected chi connectivity index (χ3v) is 4.87. The number of ether oxygens (including phenoxy) is 4. The molecule has 0 unspecified atom stereocenters. The number of rotatable bonds is 10. The second-order valence-electron chi connectivity index (χ2n) is 7.39. The minimum absolute atomic E-state index is 0.0269. The summed E-state index contributed by atoms with van der Waals surface area (Å²) in [5.41, 5.74) is 1.59. The van der Waals surface area contributed by atoms with Crippen LogP contribution >= 0.6 is 0 Å². The standard InChI is InChI=1S/C24H28N2O6/c1-15(2)32-17-8-6-16(7-9-17)21-22(24(28)26(23(21)27)12-13-29-3)25-19-11-10-18(30-4)14-20(19)31-5/h6-11,14-15,25H,12-13H2,1-5H3. The number of carbonyl (C=O) groups is 2. The monoisotopic (exact) mass is 440 g/mol. The number of hydrogen-bond acceptors (Lipinski definition) is 7. The van der Waals surface area contributed by atoms with Crippen molar-refractivity contribution in [2.24, 2.45) is 0 Å². The van der Waals surface area contributed by atoms with Crippen LogP contribution in [0.3, 0.4) is 0 Å². The van der Waals surface area contributed by atoms with E-state index in [1.54, 1.807) is 49.6 Å². The number of nitrogens with one attached hydrogen (secondary N) is 1. The van der Waals surface area contributed by atoms with E-state index in [0.29, 0.717) is 28.5 Å². The molecule has 0 atom stereocenters. The van der Waals surface area contributed by atoms with Crippen molar-refractivity contribution in [2.45, 2.75) is 20.0 Å². The fourth-order valence-electron chi connectivity index (χ4n) is 3.35. The van der Waals surface area contributed by atoms with Crippen molar-refractivity contribution in [2.75, 3.05) is 39.8 Å². The molecule has 0 fully saturated rings. The summed E-state index contributed by atoms with van der Waals surface area (Å²) in [5, 5.41) is 3.11. The van der Waals surface area contributed by atoms with Gasteiger partial charge in [-0.2, -0.15) is 0 Å². The highest BCUT2D eigenvalue weighted by atomic mass is 16.5. The van der Waals surface area contributed by atoms with Crippen LogP contribution in [0.4, 0.5) is 5.69 Å². The summed E-state index contributed by atoms with van der Waals surface area (Å²) >= 11 is 0. The van der Waals surface area contributed by atoms with Gasteiger partial charge in [-0.25, -0.2) is 0 Å². The highest BCUT2D eigenvalue weighted by Gasteiger charge is 2.39. The number of amides is 2. The zero-order valence-corrected chi connectivity index (χ0v) is 18.9. The maximum Gasteiger partial charge on any atom is 0.278 e. The first-order valence-corrected chi connectivity index (χ1v) is 10.2. The van der Waals surface area contributed by atoms with Gasteiger partial charge in [0.15, 0.2) is 0 Å². The van der Waals surface area contributed by atoms with Gasteiger partial charge in [0.2, 0.25) is 0 Å². The maximum atomic E-state index is 13.2. The largest absolute Gasteiger partial charge is 0.497 e. The van der Waals surface area contributed by atoms with E-state index >= 15 is 0 Å². The molecular formula is C24H28N2O6. The summed E-state index contributed by atoms with van der Waals surface area (Å²) in [6, 6.07) is 12.3. The fraction of sp³-hybridized carbons (Fsp3) is 0.333. The van der Waals surface area contributed by atoms with E-state index in [4.69, 9.17) is 18.9 Å². The molecule has 0 aliphatic carbocycles. The van der Waals surface area contributed by atoms with Gasteiger partial charge in [-0.15, -0.1) is 0 Å². The second-order valence-corrected chi connectivity index (χ2v) is 7.39. The SMILES string of the molecule is COCCN1C(=O)C(Nc2ccc(OC)cc2OC)=C(c2ccc(OC(C)C)cc2)C1=O. The van der Waals surface area contributed by atoms with Gasteiger partial charge in [0, 0.05) is 13.2 Å². The molecule has 1 N–H and O–H groups in total. The van der Waals surface area contributed by atoms with E-state index in [1.165, 1.54) is 19.1 Å². The molecular weight excluding hydrogens is 412 g/mol. The highest BCUT2D eigenvalue weighted by molar-refractivity contribution is 6.36. The van der Waals surface area contributed by atoms with Gasteiger partial charge in [-0.1, -0.05) is 12.1 Å². The molecule has 8 nitrogen and oxygen atoms in total. The minimum Gasteiger partial charge on any atom is -0.497 e. The Kier molecular flexibility index (Phi) is 7.37. The zero-order chi connectivity index (χ0) is 23.3. The van der Waals surface area contributed by atoms with Crippen LogP contribution in [0.5, 0.6) is 17.2 Å². The summed E-state index contributed by atoms with van der Waals surface area (Å²) in [6.45, 7) is 4.27. The van der Waals surface area contributed by atoms with Crippen molar-refractivity contribution in [3.05, 3.63) is 53.7 Å². The van der Waals surface area contributed by atoms with Crippen molar-refractivity contribution in [3.63, 3.8) is 0 Å². The lowest BCUT2D eigenvalue weighted by atomic mass is 10.0. The topological polar surface area (TPSA) is 86.3 Å². The summed E-state index contributed by atoms with van der Waals surface area (Å²) in [5.74, 6) is 0.955. The molecule has 170 valence electrons. The van der Waals surface area contributed by atoms with Gasteiger partial charge in [0.25, 0.3) is 11.8 Å². The molecule has 32 heavy (non-hydrogen) atoms. The first-order valence-electron chi connectivity index (χ1n) is 10.2. The van der Waals surface area contributed by atoms with Crippen LogP contribution in [0.2, 0.25) is 0 Å². The summed E-state index contributed by atoms with van der Waals surface area (Å²) in [7, 11) is 4.60. The van der Waals surface area contributed by atoms with Crippen LogP contribution in [-0.4, -0.2) is 57.3 Å². The van der Waals surface area contributed by atoms with E-state index in [2.05, 4.69) is 5.32 Å². The van der Waals surface area contributed by atoms with Crippen LogP contribution in [0, 0.1) is 0 Å². The molecule has 8 heteroatoms. The third kappa shape index (κ3) is 4.86. The summed E-state index contributed by atoms with van der Waals surface area (Å²) < 4.78 is 21.4. The van der Waals surface area contributed by atoms with Gasteiger partial charge in [0.05, 0.1) is 44.7 Å². The van der Waals surface area contributed by atoms with Crippen molar-refractivity contribution < 1.29 is 28.5 Å². The first kappa shape index (κ1) is 23.1. The van der Waals surface area contributed by atoms with E-state index in [9.17, 15) is 9.59 Å². The fourth-order valence-corrected chi connectivity index (χ4v) is 3.35. The number of nitrogens with zero attached hydrogens (tertiary/aromatic N) is 1. The van der Waals surface area contributed by atoms with Crippen LogP contribution in [0.15, 0.2) is 48.2 Å². The molecule has 1 aliphatic rings. The lowest BCUT2D eigenvalue weighted by Crippen LogP contribution is -2.35. The molecule has 0 bridgehead atoms.